The summed E-state index contributed by atoms with van der Waals surface area (Å²) in [5.74, 6) is 1.36. The van der Waals surface area contributed by atoms with Gasteiger partial charge in [-0.2, -0.15) is 5.32 Å². The van der Waals surface area contributed by atoms with E-state index in [1.54, 1.807) is 12.4 Å². The molecule has 87 valence electrons. The maximum absolute atomic E-state index is 4.24. The van der Waals surface area contributed by atoms with Crippen molar-refractivity contribution in [1.29, 1.82) is 0 Å². The Labute approximate surface area is 98.7 Å². The molecule has 1 N–H and O–H groups in total. The normalized spacial score (nSPS) is 22.5. The highest BCUT2D eigenvalue weighted by molar-refractivity contribution is 5.92. The molecule has 0 bridgehead atoms. The van der Waals surface area contributed by atoms with Crippen molar-refractivity contribution < 1.29 is 0 Å². The van der Waals surface area contributed by atoms with Crippen molar-refractivity contribution in [2.24, 2.45) is 10.2 Å². The number of aromatic nitrogens is 2. The van der Waals surface area contributed by atoms with Gasteiger partial charge in [-0.15, -0.1) is 10.2 Å². The van der Waals surface area contributed by atoms with Crippen LogP contribution in [0.3, 0.4) is 0 Å². The molecule has 3 heterocycles. The fourth-order valence-corrected chi connectivity index (χ4v) is 1.95. The number of nitrogens with one attached hydrogen (secondary N) is 1. The lowest BCUT2D eigenvalue weighted by Crippen LogP contribution is -2.40. The fraction of sp³-hybridized carbons (Fsp3) is 0.400. The number of guanidine groups is 1. The molecule has 1 aromatic heterocycles. The first-order chi connectivity index (χ1) is 8.42. The SMILES string of the molecule is C1=NN=C(NC2CCN(c3ncccn3)C2)[N]1. The Morgan fingerprint density at radius 3 is 2.94 bits per heavy atom. The first kappa shape index (κ1) is 10.0. The van der Waals surface area contributed by atoms with Crippen LogP contribution in [-0.4, -0.2) is 41.4 Å². The molecule has 1 aromatic rings. The van der Waals surface area contributed by atoms with Crippen LogP contribution in [0.2, 0.25) is 0 Å². The van der Waals surface area contributed by atoms with Gasteiger partial charge in [0.05, 0.1) is 0 Å². The van der Waals surface area contributed by atoms with Crippen molar-refractivity contribution in [3.8, 4) is 0 Å². The van der Waals surface area contributed by atoms with E-state index in [9.17, 15) is 0 Å². The average molecular weight is 230 g/mol. The van der Waals surface area contributed by atoms with Gasteiger partial charge in [0.1, 0.15) is 6.34 Å². The Morgan fingerprint density at radius 1 is 1.29 bits per heavy atom. The molecule has 3 rings (SSSR count). The predicted octanol–water partition coefficient (Wildman–Crippen LogP) is -0.438. The predicted molar refractivity (Wildman–Crippen MR) is 63.8 cm³/mol. The lowest BCUT2D eigenvalue weighted by Gasteiger charge is -2.16. The van der Waals surface area contributed by atoms with Gasteiger partial charge in [-0.1, -0.05) is 0 Å². The van der Waals surface area contributed by atoms with E-state index in [1.807, 2.05) is 6.07 Å². The van der Waals surface area contributed by atoms with Crippen LogP contribution in [0.4, 0.5) is 5.95 Å². The molecule has 0 aromatic carbocycles. The molecule has 0 amide bonds. The monoisotopic (exact) mass is 230 g/mol. The summed E-state index contributed by atoms with van der Waals surface area (Å²) in [6, 6.07) is 2.14. The Balaban J connectivity index is 1.58. The lowest BCUT2D eigenvalue weighted by molar-refractivity contribution is 0.661. The van der Waals surface area contributed by atoms with Crippen LogP contribution < -0.4 is 15.5 Å². The molecule has 1 unspecified atom stereocenters. The molecule has 0 saturated carbocycles. The zero-order valence-corrected chi connectivity index (χ0v) is 9.19. The van der Waals surface area contributed by atoms with E-state index in [0.717, 1.165) is 25.5 Å². The molecule has 2 aliphatic rings. The summed E-state index contributed by atoms with van der Waals surface area (Å²) in [7, 11) is 0. The number of hydrogen-bond donors (Lipinski definition) is 1. The van der Waals surface area contributed by atoms with Gasteiger partial charge in [0, 0.05) is 31.5 Å². The maximum Gasteiger partial charge on any atom is 0.244 e. The molecule has 2 aliphatic heterocycles. The fourth-order valence-electron chi connectivity index (χ4n) is 1.95. The zero-order chi connectivity index (χ0) is 11.5. The molecule has 7 heteroatoms. The van der Waals surface area contributed by atoms with Gasteiger partial charge in [-0.05, 0) is 12.5 Å². The van der Waals surface area contributed by atoms with Crippen molar-refractivity contribution in [3.63, 3.8) is 0 Å². The van der Waals surface area contributed by atoms with Crippen LogP contribution in [0.1, 0.15) is 6.42 Å². The van der Waals surface area contributed by atoms with Crippen LogP contribution >= 0.6 is 0 Å². The molecular weight excluding hydrogens is 218 g/mol. The van der Waals surface area contributed by atoms with Crippen LogP contribution in [0.15, 0.2) is 28.7 Å². The number of hydrogen-bond acceptors (Lipinski definition) is 6. The van der Waals surface area contributed by atoms with Crippen molar-refractivity contribution in [2.75, 3.05) is 18.0 Å². The first-order valence-electron chi connectivity index (χ1n) is 5.51. The summed E-state index contributed by atoms with van der Waals surface area (Å²) < 4.78 is 0. The van der Waals surface area contributed by atoms with Crippen LogP contribution in [0.5, 0.6) is 0 Å². The third-order valence-electron chi connectivity index (χ3n) is 2.74. The Morgan fingerprint density at radius 2 is 2.18 bits per heavy atom. The second-order valence-electron chi connectivity index (χ2n) is 3.91. The number of rotatable bonds is 2. The summed E-state index contributed by atoms with van der Waals surface area (Å²) in [5, 5.41) is 14.8. The number of anilines is 1. The average Bonchev–Trinajstić information content (AvgIpc) is 3.02. The highest BCUT2D eigenvalue weighted by Crippen LogP contribution is 2.14. The van der Waals surface area contributed by atoms with Crippen molar-refractivity contribution in [3.05, 3.63) is 18.5 Å². The summed E-state index contributed by atoms with van der Waals surface area (Å²) in [4.78, 5) is 10.6. The quantitative estimate of drug-likeness (QED) is 0.747. The van der Waals surface area contributed by atoms with Crippen LogP contribution in [0.25, 0.3) is 0 Å². The first-order valence-corrected chi connectivity index (χ1v) is 5.51. The second kappa shape index (κ2) is 4.36. The topological polar surface area (TPSA) is 79.9 Å². The summed E-state index contributed by atoms with van der Waals surface area (Å²) in [5.41, 5.74) is 0. The minimum Gasteiger partial charge on any atom is -0.348 e. The molecule has 1 radical (unpaired) electrons. The molecule has 17 heavy (non-hydrogen) atoms. The highest BCUT2D eigenvalue weighted by atomic mass is 15.4. The second-order valence-corrected chi connectivity index (χ2v) is 3.91. The van der Waals surface area contributed by atoms with Crippen LogP contribution in [-0.2, 0) is 0 Å². The van der Waals surface area contributed by atoms with E-state index >= 15 is 0 Å². The molecule has 1 saturated heterocycles. The Bertz CT molecular complexity index is 441. The summed E-state index contributed by atoms with van der Waals surface area (Å²) in [6.45, 7) is 1.80. The van der Waals surface area contributed by atoms with Gasteiger partial charge in [-0.3, -0.25) is 0 Å². The zero-order valence-electron chi connectivity index (χ0n) is 9.19. The van der Waals surface area contributed by atoms with E-state index in [1.165, 1.54) is 6.34 Å². The molecule has 1 atom stereocenters. The van der Waals surface area contributed by atoms with E-state index in [-0.39, 0.29) is 0 Å². The standard InChI is InChI=1S/C10H12N7/c1-3-11-10(12-4-1)17-5-2-8(6-17)15-9-13-7-14-16-9/h1,3-4,7-8H,2,5-6H2,(H,15,16). The molecule has 0 aliphatic carbocycles. The van der Waals surface area contributed by atoms with Crippen molar-refractivity contribution in [1.82, 2.24) is 20.6 Å². The summed E-state index contributed by atoms with van der Waals surface area (Å²) >= 11 is 0. The van der Waals surface area contributed by atoms with E-state index in [4.69, 9.17) is 0 Å². The van der Waals surface area contributed by atoms with Gasteiger partial charge in [0.25, 0.3) is 0 Å². The van der Waals surface area contributed by atoms with Gasteiger partial charge in [0.2, 0.25) is 11.9 Å². The van der Waals surface area contributed by atoms with Crippen molar-refractivity contribution >= 4 is 18.2 Å². The molecule has 7 nitrogen and oxygen atoms in total. The van der Waals surface area contributed by atoms with E-state index < -0.39 is 0 Å². The van der Waals surface area contributed by atoms with E-state index in [0.29, 0.717) is 12.0 Å². The van der Waals surface area contributed by atoms with Crippen LogP contribution in [0, 0.1) is 0 Å². The van der Waals surface area contributed by atoms with Gasteiger partial charge < -0.3 is 10.2 Å². The van der Waals surface area contributed by atoms with E-state index in [2.05, 4.69) is 35.7 Å². The molecular formula is C10H12N7. The van der Waals surface area contributed by atoms with Gasteiger partial charge >= 0.3 is 0 Å². The highest BCUT2D eigenvalue weighted by Gasteiger charge is 2.25. The molecule has 1 fully saturated rings. The summed E-state index contributed by atoms with van der Waals surface area (Å²) in [6.07, 6.45) is 5.97. The minimum atomic E-state index is 0.322. The lowest BCUT2D eigenvalue weighted by atomic mass is 10.3. The third-order valence-corrected chi connectivity index (χ3v) is 2.74. The van der Waals surface area contributed by atoms with Gasteiger partial charge in [-0.25, -0.2) is 9.97 Å². The Kier molecular flexibility index (Phi) is 2.57. The maximum atomic E-state index is 4.24. The minimum absolute atomic E-state index is 0.322. The third kappa shape index (κ3) is 2.17. The molecule has 0 spiro atoms. The smallest absolute Gasteiger partial charge is 0.244 e. The van der Waals surface area contributed by atoms with Gasteiger partial charge in [0.15, 0.2) is 0 Å². The van der Waals surface area contributed by atoms with Crippen molar-refractivity contribution in [2.45, 2.75) is 12.5 Å². The number of nitrogens with zero attached hydrogens (tertiary/aromatic N) is 6. The largest absolute Gasteiger partial charge is 0.348 e. The Hall–Kier alpha value is -2.18.